The van der Waals surface area contributed by atoms with Crippen molar-refractivity contribution in [3.63, 3.8) is 0 Å². The van der Waals surface area contributed by atoms with Crippen LogP contribution in [0, 0.1) is 11.3 Å². The smallest absolute Gasteiger partial charge is 0.238 e. The van der Waals surface area contributed by atoms with E-state index in [-0.39, 0.29) is 18.2 Å². The third-order valence-electron chi connectivity index (χ3n) is 4.01. The number of para-hydroxylation sites is 1. The summed E-state index contributed by atoms with van der Waals surface area (Å²) in [5.41, 5.74) is -0.180. The Kier molecular flexibility index (Phi) is 4.02. The van der Waals surface area contributed by atoms with E-state index in [1.165, 1.54) is 4.90 Å². The van der Waals surface area contributed by atoms with Crippen LogP contribution in [0.1, 0.15) is 33.1 Å². The van der Waals surface area contributed by atoms with Gasteiger partial charge in [-0.05, 0) is 18.6 Å². The molecule has 2 atom stereocenters. The topological polar surface area (TPSA) is 54.5 Å². The molecule has 0 saturated carbocycles. The predicted molar refractivity (Wildman–Crippen MR) is 76.1 cm³/mol. The van der Waals surface area contributed by atoms with E-state index in [1.807, 2.05) is 13.0 Å². The second kappa shape index (κ2) is 5.57. The van der Waals surface area contributed by atoms with Crippen LogP contribution in [0.3, 0.4) is 0 Å². The average molecular weight is 273 g/mol. The lowest BCUT2D eigenvalue weighted by Gasteiger charge is -2.27. The van der Waals surface area contributed by atoms with Crippen molar-refractivity contribution in [1.82, 2.24) is 0 Å². The molecule has 0 aromatic heterocycles. The van der Waals surface area contributed by atoms with Crippen LogP contribution in [0.25, 0.3) is 0 Å². The first-order valence-electron chi connectivity index (χ1n) is 6.91. The van der Waals surface area contributed by atoms with Crippen molar-refractivity contribution < 1.29 is 14.4 Å². The summed E-state index contributed by atoms with van der Waals surface area (Å²) in [7, 11) is 0. The Morgan fingerprint density at radius 3 is 2.50 bits per heavy atom. The minimum absolute atomic E-state index is 0.114. The van der Waals surface area contributed by atoms with Gasteiger partial charge in [0.2, 0.25) is 11.8 Å². The summed E-state index contributed by atoms with van der Waals surface area (Å²) in [4.78, 5) is 37.3. The molecule has 0 bridgehead atoms. The first-order chi connectivity index (χ1) is 9.53. The lowest BCUT2D eigenvalue weighted by Crippen LogP contribution is -2.37. The highest BCUT2D eigenvalue weighted by molar-refractivity contribution is 6.21. The van der Waals surface area contributed by atoms with E-state index in [0.717, 1.165) is 12.7 Å². The number of benzene rings is 1. The van der Waals surface area contributed by atoms with Crippen LogP contribution in [0.15, 0.2) is 30.3 Å². The number of nitrogens with zero attached hydrogens (tertiary/aromatic N) is 1. The third-order valence-corrected chi connectivity index (χ3v) is 4.01. The van der Waals surface area contributed by atoms with E-state index in [2.05, 4.69) is 0 Å². The van der Waals surface area contributed by atoms with Gasteiger partial charge in [0.1, 0.15) is 6.29 Å². The van der Waals surface area contributed by atoms with Crippen molar-refractivity contribution in [2.45, 2.75) is 33.1 Å². The molecular weight excluding hydrogens is 254 g/mol. The SMILES string of the molecule is CCCC(C)(C=O)C1CC(=O)N(c2ccccc2)C1=O. The molecule has 0 spiro atoms. The molecule has 1 saturated heterocycles. The monoisotopic (exact) mass is 273 g/mol. The Bertz CT molecular complexity index is 526. The fourth-order valence-corrected chi connectivity index (χ4v) is 2.85. The summed E-state index contributed by atoms with van der Waals surface area (Å²) < 4.78 is 0. The van der Waals surface area contributed by atoms with Crippen molar-refractivity contribution in [3.05, 3.63) is 30.3 Å². The van der Waals surface area contributed by atoms with Gasteiger partial charge >= 0.3 is 0 Å². The highest BCUT2D eigenvalue weighted by Gasteiger charge is 2.48. The Balaban J connectivity index is 2.32. The molecule has 2 unspecified atom stereocenters. The molecular formula is C16H19NO3. The molecule has 1 aliphatic heterocycles. The average Bonchev–Trinajstić information content (AvgIpc) is 2.76. The normalized spacial score (nSPS) is 21.9. The Morgan fingerprint density at radius 1 is 1.30 bits per heavy atom. The zero-order valence-corrected chi connectivity index (χ0v) is 11.8. The van der Waals surface area contributed by atoms with E-state index in [4.69, 9.17) is 0 Å². The molecule has 1 aromatic carbocycles. The highest BCUT2D eigenvalue weighted by Crippen LogP contribution is 2.39. The molecule has 1 aliphatic rings. The molecule has 1 fully saturated rings. The summed E-state index contributed by atoms with van der Waals surface area (Å²) in [5.74, 6) is -1.03. The van der Waals surface area contributed by atoms with E-state index < -0.39 is 11.3 Å². The summed E-state index contributed by atoms with van der Waals surface area (Å²) in [6, 6.07) is 8.87. The van der Waals surface area contributed by atoms with E-state index in [9.17, 15) is 14.4 Å². The van der Waals surface area contributed by atoms with Gasteiger partial charge in [-0.2, -0.15) is 0 Å². The summed E-state index contributed by atoms with van der Waals surface area (Å²) >= 11 is 0. The molecule has 20 heavy (non-hydrogen) atoms. The van der Waals surface area contributed by atoms with Crippen molar-refractivity contribution in [2.24, 2.45) is 11.3 Å². The Hall–Kier alpha value is -1.97. The number of aldehydes is 1. The molecule has 4 heteroatoms. The molecule has 1 aromatic rings. The number of amides is 2. The van der Waals surface area contributed by atoms with Crippen LogP contribution in [0.4, 0.5) is 5.69 Å². The molecule has 1 heterocycles. The maximum atomic E-state index is 12.5. The summed E-state index contributed by atoms with van der Waals surface area (Å²) in [6.45, 7) is 3.74. The molecule has 106 valence electrons. The van der Waals surface area contributed by atoms with Gasteiger partial charge in [0.25, 0.3) is 0 Å². The molecule has 0 N–H and O–H groups in total. The minimum Gasteiger partial charge on any atom is -0.303 e. The van der Waals surface area contributed by atoms with Crippen LogP contribution in [0.2, 0.25) is 0 Å². The molecule has 2 amide bonds. The summed E-state index contributed by atoms with van der Waals surface area (Å²) in [5, 5.41) is 0. The van der Waals surface area contributed by atoms with Gasteiger partial charge in [-0.25, -0.2) is 0 Å². The van der Waals surface area contributed by atoms with Gasteiger partial charge in [-0.1, -0.05) is 38.5 Å². The quantitative estimate of drug-likeness (QED) is 0.612. The van der Waals surface area contributed by atoms with Gasteiger partial charge in [0.05, 0.1) is 11.6 Å². The maximum absolute atomic E-state index is 12.5. The number of carbonyl (C=O) groups excluding carboxylic acids is 3. The molecule has 0 radical (unpaired) electrons. The predicted octanol–water partition coefficient (Wildman–Crippen LogP) is 2.57. The van der Waals surface area contributed by atoms with Crippen LogP contribution in [0.5, 0.6) is 0 Å². The van der Waals surface area contributed by atoms with Crippen LogP contribution < -0.4 is 4.90 Å². The molecule has 2 rings (SSSR count). The lowest BCUT2D eigenvalue weighted by molar-refractivity contribution is -0.130. The third kappa shape index (κ3) is 2.38. The number of hydrogen-bond acceptors (Lipinski definition) is 3. The van der Waals surface area contributed by atoms with Crippen LogP contribution in [-0.2, 0) is 14.4 Å². The van der Waals surface area contributed by atoms with Crippen LogP contribution in [-0.4, -0.2) is 18.1 Å². The fraction of sp³-hybridized carbons (Fsp3) is 0.438. The maximum Gasteiger partial charge on any atom is 0.238 e. The van der Waals surface area contributed by atoms with Crippen molar-refractivity contribution >= 4 is 23.8 Å². The molecule has 0 aliphatic carbocycles. The van der Waals surface area contributed by atoms with Gasteiger partial charge in [-0.3, -0.25) is 14.5 Å². The van der Waals surface area contributed by atoms with Gasteiger partial charge in [-0.15, -0.1) is 0 Å². The minimum atomic E-state index is -0.759. The number of rotatable bonds is 5. The Morgan fingerprint density at radius 2 is 1.95 bits per heavy atom. The van der Waals surface area contributed by atoms with E-state index >= 15 is 0 Å². The highest BCUT2D eigenvalue weighted by atomic mass is 16.2. The van der Waals surface area contributed by atoms with E-state index in [0.29, 0.717) is 12.1 Å². The second-order valence-corrected chi connectivity index (χ2v) is 5.53. The molecule has 4 nitrogen and oxygen atoms in total. The lowest BCUT2D eigenvalue weighted by atomic mass is 9.74. The summed E-state index contributed by atoms with van der Waals surface area (Å²) in [6.07, 6.45) is 2.37. The van der Waals surface area contributed by atoms with Crippen molar-refractivity contribution in [3.8, 4) is 0 Å². The van der Waals surface area contributed by atoms with Crippen molar-refractivity contribution in [2.75, 3.05) is 4.90 Å². The van der Waals surface area contributed by atoms with E-state index in [1.54, 1.807) is 31.2 Å². The number of hydrogen-bond donors (Lipinski definition) is 0. The van der Waals surface area contributed by atoms with Crippen LogP contribution >= 0.6 is 0 Å². The zero-order valence-electron chi connectivity index (χ0n) is 11.8. The first kappa shape index (κ1) is 14.4. The number of carbonyl (C=O) groups is 3. The van der Waals surface area contributed by atoms with Gasteiger partial charge in [0, 0.05) is 11.8 Å². The first-order valence-corrected chi connectivity index (χ1v) is 6.91. The number of imide groups is 1. The fourth-order valence-electron chi connectivity index (χ4n) is 2.85. The standard InChI is InChI=1S/C16H19NO3/c1-3-9-16(2,11-18)13-10-14(19)17(15(13)20)12-7-5-4-6-8-12/h4-8,11,13H,3,9-10H2,1-2H3. The number of anilines is 1. The van der Waals surface area contributed by atoms with Crippen molar-refractivity contribution in [1.29, 1.82) is 0 Å². The largest absolute Gasteiger partial charge is 0.303 e. The second-order valence-electron chi connectivity index (χ2n) is 5.53. The Labute approximate surface area is 118 Å². The van der Waals surface area contributed by atoms with Gasteiger partial charge < -0.3 is 4.79 Å². The zero-order chi connectivity index (χ0) is 14.8. The van der Waals surface area contributed by atoms with Gasteiger partial charge in [0.15, 0.2) is 0 Å².